The number of benzene rings is 1. The van der Waals surface area contributed by atoms with Crippen LogP contribution in [0.5, 0.6) is 0 Å². The minimum atomic E-state index is -0.427. The second kappa shape index (κ2) is 6.68. The molecule has 0 radical (unpaired) electrons. The quantitative estimate of drug-likeness (QED) is 0.835. The molecule has 0 bridgehead atoms. The average Bonchev–Trinajstić information content (AvgIpc) is 2.84. The van der Waals surface area contributed by atoms with Crippen LogP contribution in [0.3, 0.4) is 0 Å². The number of amides is 1. The van der Waals surface area contributed by atoms with E-state index in [1.807, 2.05) is 6.07 Å². The van der Waals surface area contributed by atoms with Gasteiger partial charge in [-0.25, -0.2) is 0 Å². The predicted octanol–water partition coefficient (Wildman–Crippen LogP) is 1.11. The molecule has 2 rings (SSSR count). The molecule has 2 unspecified atom stereocenters. The highest BCUT2D eigenvalue weighted by Crippen LogP contribution is 2.19. The zero-order valence-corrected chi connectivity index (χ0v) is 11.5. The number of hydrogen-bond acceptors (Lipinski definition) is 3. The second-order valence-corrected chi connectivity index (χ2v) is 5.29. The van der Waals surface area contributed by atoms with Crippen LogP contribution in [-0.2, 0) is 11.3 Å². The Labute approximate surface area is 115 Å². The maximum absolute atomic E-state index is 11.5. The highest BCUT2D eigenvalue weighted by Gasteiger charge is 2.24. The van der Waals surface area contributed by atoms with Crippen LogP contribution in [0.25, 0.3) is 0 Å². The number of carbonyl (C=O) groups excluding carboxylic acids is 1. The van der Waals surface area contributed by atoms with E-state index in [1.165, 1.54) is 12.0 Å². The van der Waals surface area contributed by atoms with Crippen molar-refractivity contribution in [1.29, 1.82) is 0 Å². The smallest absolute Gasteiger partial charge is 0.236 e. The van der Waals surface area contributed by atoms with E-state index in [0.717, 1.165) is 19.5 Å². The largest absolute Gasteiger partial charge is 0.353 e. The first-order valence-electron chi connectivity index (χ1n) is 6.98. The van der Waals surface area contributed by atoms with Crippen LogP contribution >= 0.6 is 0 Å². The Bertz CT molecular complexity index is 405. The molecule has 1 aromatic carbocycles. The average molecular weight is 261 g/mol. The first kappa shape index (κ1) is 14.0. The van der Waals surface area contributed by atoms with Gasteiger partial charge in [-0.1, -0.05) is 30.3 Å². The molecule has 0 saturated carbocycles. The monoisotopic (exact) mass is 261 g/mol. The molecule has 3 N–H and O–H groups in total. The van der Waals surface area contributed by atoms with E-state index in [9.17, 15) is 4.79 Å². The minimum absolute atomic E-state index is 0.0634. The molecule has 104 valence electrons. The van der Waals surface area contributed by atoms with Crippen LogP contribution < -0.4 is 11.1 Å². The number of rotatable bonds is 5. The summed E-state index contributed by atoms with van der Waals surface area (Å²) in [5, 5.41) is 2.93. The fourth-order valence-corrected chi connectivity index (χ4v) is 2.53. The summed E-state index contributed by atoms with van der Waals surface area (Å²) in [6, 6.07) is 10.5. The van der Waals surface area contributed by atoms with Gasteiger partial charge < -0.3 is 11.1 Å². The summed E-state index contributed by atoms with van der Waals surface area (Å²) in [5.41, 5.74) is 6.88. The van der Waals surface area contributed by atoms with Gasteiger partial charge in [0, 0.05) is 19.1 Å². The Morgan fingerprint density at radius 3 is 2.89 bits per heavy atom. The fourth-order valence-electron chi connectivity index (χ4n) is 2.53. The summed E-state index contributed by atoms with van der Waals surface area (Å²) >= 11 is 0. The summed E-state index contributed by atoms with van der Waals surface area (Å²) in [7, 11) is 0. The molecule has 1 aromatic rings. The highest BCUT2D eigenvalue weighted by atomic mass is 16.2. The van der Waals surface area contributed by atoms with Crippen molar-refractivity contribution in [2.45, 2.75) is 38.4 Å². The van der Waals surface area contributed by atoms with E-state index in [1.54, 1.807) is 6.92 Å². The number of nitrogens with one attached hydrogen (secondary N) is 1. The van der Waals surface area contributed by atoms with E-state index in [0.29, 0.717) is 12.6 Å². The third-order valence-electron chi connectivity index (χ3n) is 3.65. The SMILES string of the molecule is CC(N)C(=O)NCC1CCCN1Cc1ccccc1. The van der Waals surface area contributed by atoms with Gasteiger partial charge in [-0.2, -0.15) is 0 Å². The van der Waals surface area contributed by atoms with Gasteiger partial charge in [0.1, 0.15) is 0 Å². The van der Waals surface area contributed by atoms with E-state index < -0.39 is 6.04 Å². The molecule has 0 aliphatic carbocycles. The zero-order chi connectivity index (χ0) is 13.7. The molecule has 1 aliphatic heterocycles. The van der Waals surface area contributed by atoms with Gasteiger partial charge >= 0.3 is 0 Å². The Hall–Kier alpha value is -1.39. The third kappa shape index (κ3) is 4.04. The number of carbonyl (C=O) groups is 1. The predicted molar refractivity (Wildman–Crippen MR) is 76.5 cm³/mol. The van der Waals surface area contributed by atoms with Crippen LogP contribution in [0.15, 0.2) is 30.3 Å². The molecule has 1 amide bonds. The summed E-state index contributed by atoms with van der Waals surface area (Å²) in [6.45, 7) is 4.48. The van der Waals surface area contributed by atoms with E-state index in [2.05, 4.69) is 34.5 Å². The Morgan fingerprint density at radius 1 is 1.47 bits per heavy atom. The van der Waals surface area contributed by atoms with Gasteiger partial charge in [-0.05, 0) is 31.9 Å². The highest BCUT2D eigenvalue weighted by molar-refractivity contribution is 5.80. The maximum Gasteiger partial charge on any atom is 0.236 e. The molecule has 1 aliphatic rings. The van der Waals surface area contributed by atoms with Crippen molar-refractivity contribution in [3.05, 3.63) is 35.9 Å². The van der Waals surface area contributed by atoms with E-state index in [-0.39, 0.29) is 5.91 Å². The Kier molecular flexibility index (Phi) is 4.93. The molecule has 4 nitrogen and oxygen atoms in total. The van der Waals surface area contributed by atoms with Crippen LogP contribution in [-0.4, -0.2) is 36.0 Å². The summed E-state index contributed by atoms with van der Waals surface area (Å²) in [6.07, 6.45) is 2.34. The van der Waals surface area contributed by atoms with Crippen molar-refractivity contribution in [2.24, 2.45) is 5.73 Å². The number of nitrogens with two attached hydrogens (primary N) is 1. The summed E-state index contributed by atoms with van der Waals surface area (Å²) < 4.78 is 0. The minimum Gasteiger partial charge on any atom is -0.353 e. The van der Waals surface area contributed by atoms with Crippen molar-refractivity contribution in [3.8, 4) is 0 Å². The van der Waals surface area contributed by atoms with Gasteiger partial charge in [-0.3, -0.25) is 9.69 Å². The lowest BCUT2D eigenvalue weighted by molar-refractivity contribution is -0.122. The first-order chi connectivity index (χ1) is 9.16. The van der Waals surface area contributed by atoms with Crippen molar-refractivity contribution < 1.29 is 4.79 Å². The first-order valence-corrected chi connectivity index (χ1v) is 6.98. The van der Waals surface area contributed by atoms with Crippen LogP contribution in [0.2, 0.25) is 0 Å². The zero-order valence-electron chi connectivity index (χ0n) is 11.5. The molecule has 0 spiro atoms. The van der Waals surface area contributed by atoms with Crippen molar-refractivity contribution in [1.82, 2.24) is 10.2 Å². The molecule has 0 aromatic heterocycles. The Morgan fingerprint density at radius 2 is 2.21 bits per heavy atom. The van der Waals surface area contributed by atoms with Gasteiger partial charge in [0.05, 0.1) is 6.04 Å². The standard InChI is InChI=1S/C15H23N3O/c1-12(16)15(19)17-10-14-8-5-9-18(14)11-13-6-3-2-4-7-13/h2-4,6-7,12,14H,5,8-11,16H2,1H3,(H,17,19). The molecule has 1 heterocycles. The van der Waals surface area contributed by atoms with Crippen molar-refractivity contribution >= 4 is 5.91 Å². The van der Waals surface area contributed by atoms with Crippen molar-refractivity contribution in [3.63, 3.8) is 0 Å². The molecule has 4 heteroatoms. The van der Waals surface area contributed by atoms with E-state index >= 15 is 0 Å². The van der Waals surface area contributed by atoms with E-state index in [4.69, 9.17) is 5.73 Å². The van der Waals surface area contributed by atoms with Crippen LogP contribution in [0.4, 0.5) is 0 Å². The second-order valence-electron chi connectivity index (χ2n) is 5.29. The van der Waals surface area contributed by atoms with Gasteiger partial charge in [0.2, 0.25) is 5.91 Å². The lowest BCUT2D eigenvalue weighted by atomic mass is 10.1. The number of hydrogen-bond donors (Lipinski definition) is 2. The summed E-state index contributed by atoms with van der Waals surface area (Å²) in [4.78, 5) is 14.0. The number of likely N-dealkylation sites (tertiary alicyclic amines) is 1. The number of nitrogens with zero attached hydrogens (tertiary/aromatic N) is 1. The Balaban J connectivity index is 1.85. The molecule has 2 atom stereocenters. The maximum atomic E-state index is 11.5. The topological polar surface area (TPSA) is 58.4 Å². The summed E-state index contributed by atoms with van der Waals surface area (Å²) in [5.74, 6) is -0.0634. The molecule has 1 fully saturated rings. The molecular weight excluding hydrogens is 238 g/mol. The van der Waals surface area contributed by atoms with Gasteiger partial charge in [0.15, 0.2) is 0 Å². The lowest BCUT2D eigenvalue weighted by Gasteiger charge is -2.25. The molecule has 1 saturated heterocycles. The lowest BCUT2D eigenvalue weighted by Crippen LogP contribution is -2.44. The van der Waals surface area contributed by atoms with Crippen LogP contribution in [0.1, 0.15) is 25.3 Å². The van der Waals surface area contributed by atoms with Crippen LogP contribution in [0, 0.1) is 0 Å². The van der Waals surface area contributed by atoms with Gasteiger partial charge in [-0.15, -0.1) is 0 Å². The third-order valence-corrected chi connectivity index (χ3v) is 3.65. The molecule has 19 heavy (non-hydrogen) atoms. The fraction of sp³-hybridized carbons (Fsp3) is 0.533. The normalized spacial score (nSPS) is 21.3. The molecular formula is C15H23N3O. The van der Waals surface area contributed by atoms with Crippen molar-refractivity contribution in [2.75, 3.05) is 13.1 Å². The van der Waals surface area contributed by atoms with Gasteiger partial charge in [0.25, 0.3) is 0 Å².